The molecule has 1 aromatic rings. The number of aliphatic hydroxyl groups is 1. The maximum absolute atomic E-state index is 12.6. The van der Waals surface area contributed by atoms with Gasteiger partial charge in [-0.25, -0.2) is 0 Å². The molecule has 1 atom stereocenters. The molecule has 1 aliphatic heterocycles. The van der Waals surface area contributed by atoms with Crippen LogP contribution in [0.25, 0.3) is 0 Å². The maximum Gasteiger partial charge on any atom is 0.253 e. The van der Waals surface area contributed by atoms with Gasteiger partial charge in [-0.05, 0) is 49.8 Å². The van der Waals surface area contributed by atoms with Gasteiger partial charge in [0, 0.05) is 37.5 Å². The summed E-state index contributed by atoms with van der Waals surface area (Å²) in [6.07, 6.45) is 5.91. The first-order valence-electron chi connectivity index (χ1n) is 8.09. The Morgan fingerprint density at radius 1 is 1.50 bits per heavy atom. The fourth-order valence-electron chi connectivity index (χ4n) is 2.82. The Hall–Kier alpha value is -1.81. The molecule has 120 valence electrons. The molecule has 4 heteroatoms. The number of hydrogen-bond donors (Lipinski definition) is 2. The van der Waals surface area contributed by atoms with Crippen LogP contribution in [-0.2, 0) is 0 Å². The zero-order chi connectivity index (χ0) is 15.8. The van der Waals surface area contributed by atoms with E-state index in [0.717, 1.165) is 44.5 Å². The van der Waals surface area contributed by atoms with Gasteiger partial charge in [0.05, 0.1) is 0 Å². The number of likely N-dealkylation sites (tertiary alicyclic amines) is 1. The van der Waals surface area contributed by atoms with Gasteiger partial charge in [-0.3, -0.25) is 4.79 Å². The Morgan fingerprint density at radius 3 is 3.14 bits per heavy atom. The summed E-state index contributed by atoms with van der Waals surface area (Å²) in [6.45, 7) is 6.19. The number of nitrogens with one attached hydrogen (secondary N) is 1. The van der Waals surface area contributed by atoms with Crippen molar-refractivity contribution in [2.45, 2.75) is 25.7 Å². The zero-order valence-corrected chi connectivity index (χ0v) is 13.1. The predicted molar refractivity (Wildman–Crippen MR) is 90.1 cm³/mol. The molecule has 1 aliphatic rings. The number of nitrogens with zero attached hydrogens (tertiary/aromatic N) is 1. The summed E-state index contributed by atoms with van der Waals surface area (Å²) in [7, 11) is 0. The van der Waals surface area contributed by atoms with E-state index < -0.39 is 0 Å². The van der Waals surface area contributed by atoms with E-state index in [1.165, 1.54) is 0 Å². The topological polar surface area (TPSA) is 52.6 Å². The van der Waals surface area contributed by atoms with Gasteiger partial charge in [0.15, 0.2) is 0 Å². The van der Waals surface area contributed by atoms with Crippen LogP contribution in [0.3, 0.4) is 0 Å². The van der Waals surface area contributed by atoms with Gasteiger partial charge in [0.25, 0.3) is 5.91 Å². The average Bonchev–Trinajstić information content (AvgIpc) is 2.58. The van der Waals surface area contributed by atoms with Crippen LogP contribution in [0.5, 0.6) is 0 Å². The van der Waals surface area contributed by atoms with E-state index in [2.05, 4.69) is 11.9 Å². The maximum atomic E-state index is 12.6. The van der Waals surface area contributed by atoms with Crippen LogP contribution in [-0.4, -0.2) is 42.2 Å². The fraction of sp³-hybridized carbons (Fsp3) is 0.500. The Kier molecular flexibility index (Phi) is 6.46. The lowest BCUT2D eigenvalue weighted by atomic mass is 9.98. The number of unbranched alkanes of at least 4 members (excludes halogenated alkanes) is 1. The summed E-state index contributed by atoms with van der Waals surface area (Å²) in [6, 6.07) is 7.67. The van der Waals surface area contributed by atoms with Gasteiger partial charge < -0.3 is 15.3 Å². The van der Waals surface area contributed by atoms with Gasteiger partial charge in [-0.1, -0.05) is 12.1 Å². The van der Waals surface area contributed by atoms with Gasteiger partial charge >= 0.3 is 0 Å². The van der Waals surface area contributed by atoms with Gasteiger partial charge in [-0.15, -0.1) is 6.58 Å². The minimum atomic E-state index is 0.0629. The number of benzene rings is 1. The van der Waals surface area contributed by atoms with Gasteiger partial charge in [-0.2, -0.15) is 0 Å². The molecule has 0 bridgehead atoms. The second kappa shape index (κ2) is 8.59. The normalized spacial score (nSPS) is 18.0. The van der Waals surface area contributed by atoms with E-state index in [-0.39, 0.29) is 18.4 Å². The second-order valence-electron chi connectivity index (χ2n) is 5.88. The zero-order valence-electron chi connectivity index (χ0n) is 13.1. The van der Waals surface area contributed by atoms with Crippen molar-refractivity contribution >= 4 is 11.6 Å². The largest absolute Gasteiger partial charge is 0.396 e. The van der Waals surface area contributed by atoms with Crippen molar-refractivity contribution in [3.05, 3.63) is 42.5 Å². The average molecular weight is 302 g/mol. The summed E-state index contributed by atoms with van der Waals surface area (Å²) in [5, 5.41) is 12.6. The van der Waals surface area contributed by atoms with Crippen molar-refractivity contribution in [1.29, 1.82) is 0 Å². The molecule has 1 amide bonds. The molecule has 0 spiro atoms. The van der Waals surface area contributed by atoms with Gasteiger partial charge in [0.2, 0.25) is 0 Å². The summed E-state index contributed by atoms with van der Waals surface area (Å²) < 4.78 is 0. The van der Waals surface area contributed by atoms with Crippen LogP contribution in [0.1, 0.15) is 36.0 Å². The minimum Gasteiger partial charge on any atom is -0.396 e. The van der Waals surface area contributed by atoms with Crippen molar-refractivity contribution in [3.63, 3.8) is 0 Å². The molecule has 1 fully saturated rings. The Labute approximate surface area is 132 Å². The number of anilines is 1. The summed E-state index contributed by atoms with van der Waals surface area (Å²) in [5.41, 5.74) is 1.69. The Balaban J connectivity index is 1.95. The number of aliphatic hydroxyl groups excluding tert-OH is 1. The Bertz CT molecular complexity index is 502. The lowest BCUT2D eigenvalue weighted by molar-refractivity contribution is 0.0621. The first-order chi connectivity index (χ1) is 10.7. The second-order valence-corrected chi connectivity index (χ2v) is 5.88. The number of carbonyl (C=O) groups excluding carboxylic acids is 1. The molecule has 1 saturated heterocycles. The Morgan fingerprint density at radius 2 is 2.36 bits per heavy atom. The van der Waals surface area contributed by atoms with Crippen molar-refractivity contribution in [2.24, 2.45) is 5.92 Å². The molecule has 2 rings (SSSR count). The monoisotopic (exact) mass is 302 g/mol. The number of allylic oxidation sites excluding steroid dienone is 1. The highest BCUT2D eigenvalue weighted by atomic mass is 16.3. The molecule has 4 nitrogen and oxygen atoms in total. The highest BCUT2D eigenvalue weighted by molar-refractivity contribution is 5.95. The lowest BCUT2D eigenvalue weighted by Gasteiger charge is -2.32. The lowest BCUT2D eigenvalue weighted by Crippen LogP contribution is -2.40. The fourth-order valence-corrected chi connectivity index (χ4v) is 2.82. The molecular weight excluding hydrogens is 276 g/mol. The highest BCUT2D eigenvalue weighted by Gasteiger charge is 2.24. The van der Waals surface area contributed by atoms with Crippen molar-refractivity contribution in [2.75, 3.05) is 31.6 Å². The van der Waals surface area contributed by atoms with Crippen LogP contribution < -0.4 is 5.32 Å². The molecule has 1 unspecified atom stereocenters. The molecule has 0 aliphatic carbocycles. The SMILES string of the molecule is C=CCCCNc1cccc(C(=O)N2CCCC(CO)C2)c1. The van der Waals surface area contributed by atoms with Crippen molar-refractivity contribution in [1.82, 2.24) is 4.90 Å². The van der Waals surface area contributed by atoms with Crippen molar-refractivity contribution < 1.29 is 9.90 Å². The molecule has 1 aromatic carbocycles. The summed E-state index contributed by atoms with van der Waals surface area (Å²) in [4.78, 5) is 14.5. The first-order valence-corrected chi connectivity index (χ1v) is 8.09. The number of amides is 1. The minimum absolute atomic E-state index is 0.0629. The third kappa shape index (κ3) is 4.60. The van der Waals surface area contributed by atoms with Gasteiger partial charge in [0.1, 0.15) is 0 Å². The molecule has 22 heavy (non-hydrogen) atoms. The van der Waals surface area contributed by atoms with E-state index in [1.54, 1.807) is 0 Å². The molecule has 1 heterocycles. The molecule has 2 N–H and O–H groups in total. The number of carbonyl (C=O) groups is 1. The van der Waals surface area contributed by atoms with E-state index in [9.17, 15) is 9.90 Å². The number of hydrogen-bond acceptors (Lipinski definition) is 3. The number of piperidine rings is 1. The highest BCUT2D eigenvalue weighted by Crippen LogP contribution is 2.19. The van der Waals surface area contributed by atoms with Crippen LogP contribution in [0.2, 0.25) is 0 Å². The van der Waals surface area contributed by atoms with E-state index in [0.29, 0.717) is 12.1 Å². The summed E-state index contributed by atoms with van der Waals surface area (Å²) >= 11 is 0. The number of rotatable bonds is 7. The molecule has 0 aromatic heterocycles. The van der Waals surface area contributed by atoms with E-state index >= 15 is 0 Å². The van der Waals surface area contributed by atoms with Crippen LogP contribution >= 0.6 is 0 Å². The quantitative estimate of drug-likeness (QED) is 0.601. The smallest absolute Gasteiger partial charge is 0.253 e. The van der Waals surface area contributed by atoms with Crippen LogP contribution in [0.4, 0.5) is 5.69 Å². The third-order valence-electron chi connectivity index (χ3n) is 4.09. The molecule has 0 radical (unpaired) electrons. The molecule has 0 saturated carbocycles. The van der Waals surface area contributed by atoms with Crippen LogP contribution in [0.15, 0.2) is 36.9 Å². The van der Waals surface area contributed by atoms with Crippen LogP contribution in [0, 0.1) is 5.92 Å². The van der Waals surface area contributed by atoms with E-state index in [4.69, 9.17) is 0 Å². The van der Waals surface area contributed by atoms with Crippen molar-refractivity contribution in [3.8, 4) is 0 Å². The third-order valence-corrected chi connectivity index (χ3v) is 4.09. The predicted octanol–water partition coefficient (Wildman–Crippen LogP) is 2.91. The van der Waals surface area contributed by atoms with E-state index in [1.807, 2.05) is 35.2 Å². The first kappa shape index (κ1) is 16.6. The summed E-state index contributed by atoms with van der Waals surface area (Å²) in [5.74, 6) is 0.283. The standard InChI is InChI=1S/C18H26N2O2/c1-2-3-4-10-19-17-9-5-8-16(12-17)18(22)20-11-6-7-15(13-20)14-21/h2,5,8-9,12,15,19,21H,1,3-4,6-7,10-11,13-14H2. The molecular formula is C18H26N2O2.